The quantitative estimate of drug-likeness (QED) is 0.494. The van der Waals surface area contributed by atoms with Crippen LogP contribution in [0.2, 0.25) is 0 Å². The molecule has 112 valence electrons. The van der Waals surface area contributed by atoms with Crippen LogP contribution in [0.5, 0.6) is 5.75 Å². The van der Waals surface area contributed by atoms with Gasteiger partial charge in [-0.05, 0) is 29.8 Å². The Balaban J connectivity index is 1.86. The number of thioether (sulfide) groups is 1. The predicted molar refractivity (Wildman–Crippen MR) is 92.5 cm³/mol. The van der Waals surface area contributed by atoms with E-state index in [-0.39, 0.29) is 0 Å². The Labute approximate surface area is 134 Å². The Morgan fingerprint density at radius 1 is 1.23 bits per heavy atom. The monoisotopic (exact) mass is 310 g/mol. The lowest BCUT2D eigenvalue weighted by Gasteiger charge is -2.07. The van der Waals surface area contributed by atoms with Crippen molar-refractivity contribution in [3.8, 4) is 5.75 Å². The van der Waals surface area contributed by atoms with Crippen LogP contribution in [-0.2, 0) is 12.3 Å². The minimum atomic E-state index is 0.765. The Morgan fingerprint density at radius 2 is 2.09 bits per heavy atom. The number of aromatic nitrogens is 2. The van der Waals surface area contributed by atoms with E-state index in [1.807, 2.05) is 36.4 Å². The van der Waals surface area contributed by atoms with Gasteiger partial charge < -0.3 is 9.30 Å². The summed E-state index contributed by atoms with van der Waals surface area (Å²) >= 11 is 1.73. The molecule has 0 saturated heterocycles. The van der Waals surface area contributed by atoms with E-state index in [1.165, 1.54) is 5.56 Å². The van der Waals surface area contributed by atoms with Crippen LogP contribution in [0.25, 0.3) is 11.0 Å². The predicted octanol–water partition coefficient (Wildman–Crippen LogP) is 4.52. The molecule has 1 aromatic heterocycles. The topological polar surface area (TPSA) is 27.1 Å². The molecular formula is C18H18N2OS. The lowest BCUT2D eigenvalue weighted by atomic mass is 10.2. The van der Waals surface area contributed by atoms with E-state index in [0.29, 0.717) is 0 Å². The van der Waals surface area contributed by atoms with Crippen molar-refractivity contribution in [1.82, 2.24) is 9.55 Å². The third kappa shape index (κ3) is 3.02. The number of nitrogens with zero attached hydrogens (tertiary/aromatic N) is 2. The highest BCUT2D eigenvalue weighted by atomic mass is 32.2. The molecule has 22 heavy (non-hydrogen) atoms. The third-order valence-electron chi connectivity index (χ3n) is 3.43. The number of hydrogen-bond donors (Lipinski definition) is 0. The molecule has 0 atom stereocenters. The summed E-state index contributed by atoms with van der Waals surface area (Å²) in [5.74, 6) is 1.75. The Morgan fingerprint density at radius 3 is 2.91 bits per heavy atom. The average molecular weight is 310 g/mol. The number of para-hydroxylation sites is 2. The third-order valence-corrected chi connectivity index (χ3v) is 4.48. The van der Waals surface area contributed by atoms with Crippen molar-refractivity contribution in [1.29, 1.82) is 0 Å². The first kappa shape index (κ1) is 14.7. The summed E-state index contributed by atoms with van der Waals surface area (Å²) < 4.78 is 7.48. The van der Waals surface area contributed by atoms with E-state index < -0.39 is 0 Å². The number of fused-ring (bicyclic) bond motifs is 1. The lowest BCUT2D eigenvalue weighted by molar-refractivity contribution is 0.414. The van der Waals surface area contributed by atoms with Crippen LogP contribution in [0.15, 0.2) is 66.3 Å². The minimum Gasteiger partial charge on any atom is -0.497 e. The van der Waals surface area contributed by atoms with Gasteiger partial charge in [-0.25, -0.2) is 4.98 Å². The number of methoxy groups -OCH3 is 1. The molecule has 0 aliphatic carbocycles. The number of rotatable bonds is 6. The van der Waals surface area contributed by atoms with Crippen LogP contribution < -0.4 is 4.74 Å². The summed E-state index contributed by atoms with van der Waals surface area (Å²) in [6, 6.07) is 16.3. The second kappa shape index (κ2) is 6.71. The molecule has 2 aromatic carbocycles. The largest absolute Gasteiger partial charge is 0.497 e. The average Bonchev–Trinajstić information content (AvgIpc) is 2.91. The number of benzene rings is 2. The number of imidazole rings is 1. The first-order valence-electron chi connectivity index (χ1n) is 7.13. The van der Waals surface area contributed by atoms with Crippen molar-refractivity contribution in [3.05, 3.63) is 66.7 Å². The Bertz CT molecular complexity index is 795. The number of ether oxygens (including phenoxy) is 1. The van der Waals surface area contributed by atoms with Crippen molar-refractivity contribution >= 4 is 22.8 Å². The molecule has 0 radical (unpaired) electrons. The van der Waals surface area contributed by atoms with Gasteiger partial charge in [-0.3, -0.25) is 0 Å². The molecule has 4 heteroatoms. The zero-order valence-electron chi connectivity index (χ0n) is 12.5. The molecular weight excluding hydrogens is 292 g/mol. The van der Waals surface area contributed by atoms with Gasteiger partial charge in [0.1, 0.15) is 5.75 Å². The highest BCUT2D eigenvalue weighted by Crippen LogP contribution is 2.27. The molecule has 3 nitrogen and oxygen atoms in total. The van der Waals surface area contributed by atoms with Gasteiger partial charge in [-0.15, -0.1) is 6.58 Å². The van der Waals surface area contributed by atoms with Crippen molar-refractivity contribution in [2.24, 2.45) is 0 Å². The summed E-state index contributed by atoms with van der Waals surface area (Å²) in [7, 11) is 1.69. The molecule has 0 unspecified atom stereocenters. The maximum Gasteiger partial charge on any atom is 0.169 e. The zero-order chi connectivity index (χ0) is 15.4. The van der Waals surface area contributed by atoms with Crippen LogP contribution in [-0.4, -0.2) is 16.7 Å². The van der Waals surface area contributed by atoms with E-state index in [1.54, 1.807) is 18.9 Å². The van der Waals surface area contributed by atoms with Crippen molar-refractivity contribution in [3.63, 3.8) is 0 Å². The molecule has 0 spiro atoms. The van der Waals surface area contributed by atoms with Crippen molar-refractivity contribution in [2.45, 2.75) is 17.5 Å². The molecule has 0 aliphatic rings. The van der Waals surface area contributed by atoms with Gasteiger partial charge in [0.2, 0.25) is 0 Å². The van der Waals surface area contributed by atoms with Gasteiger partial charge in [0.05, 0.1) is 18.1 Å². The molecule has 3 rings (SSSR count). The van der Waals surface area contributed by atoms with E-state index in [4.69, 9.17) is 9.72 Å². The number of hydrogen-bond acceptors (Lipinski definition) is 3. The summed E-state index contributed by atoms with van der Waals surface area (Å²) in [5.41, 5.74) is 3.40. The van der Waals surface area contributed by atoms with Crippen molar-refractivity contribution < 1.29 is 4.74 Å². The van der Waals surface area contributed by atoms with Crippen LogP contribution in [0, 0.1) is 0 Å². The zero-order valence-corrected chi connectivity index (χ0v) is 13.3. The van der Waals surface area contributed by atoms with Crippen LogP contribution in [0.3, 0.4) is 0 Å². The molecule has 0 fully saturated rings. The first-order chi connectivity index (χ1) is 10.8. The van der Waals surface area contributed by atoms with E-state index in [2.05, 4.69) is 29.3 Å². The normalized spacial score (nSPS) is 10.8. The van der Waals surface area contributed by atoms with Crippen LogP contribution in [0.4, 0.5) is 0 Å². The summed E-state index contributed by atoms with van der Waals surface area (Å²) in [6.07, 6.45) is 1.91. The molecule has 0 aliphatic heterocycles. The van der Waals surface area contributed by atoms with Gasteiger partial charge in [0.15, 0.2) is 5.16 Å². The fourth-order valence-corrected chi connectivity index (χ4v) is 3.35. The van der Waals surface area contributed by atoms with E-state index >= 15 is 0 Å². The van der Waals surface area contributed by atoms with Gasteiger partial charge in [0, 0.05) is 12.3 Å². The summed E-state index contributed by atoms with van der Waals surface area (Å²) in [5, 5.41) is 1.02. The van der Waals surface area contributed by atoms with Gasteiger partial charge >= 0.3 is 0 Å². The maximum atomic E-state index is 5.27. The van der Waals surface area contributed by atoms with Gasteiger partial charge in [0.25, 0.3) is 0 Å². The fourth-order valence-electron chi connectivity index (χ4n) is 2.38. The lowest BCUT2D eigenvalue weighted by Crippen LogP contribution is -1.97. The minimum absolute atomic E-state index is 0.765. The molecule has 0 bridgehead atoms. The number of allylic oxidation sites excluding steroid dienone is 1. The SMILES string of the molecule is C=CCn1c(SCc2cccc(OC)c2)nc2ccccc21. The second-order valence-corrected chi connectivity index (χ2v) is 5.87. The first-order valence-corrected chi connectivity index (χ1v) is 8.12. The highest BCUT2D eigenvalue weighted by molar-refractivity contribution is 7.98. The van der Waals surface area contributed by atoms with Crippen LogP contribution >= 0.6 is 11.8 Å². The summed E-state index contributed by atoms with van der Waals surface area (Å²) in [4.78, 5) is 4.74. The van der Waals surface area contributed by atoms with Crippen molar-refractivity contribution in [2.75, 3.05) is 7.11 Å². The Hall–Kier alpha value is -2.20. The molecule has 0 N–H and O–H groups in total. The molecule has 0 saturated carbocycles. The Kier molecular flexibility index (Phi) is 4.49. The second-order valence-electron chi connectivity index (χ2n) is 4.92. The maximum absolute atomic E-state index is 5.27. The van der Waals surface area contributed by atoms with Gasteiger partial charge in [-0.2, -0.15) is 0 Å². The van der Waals surface area contributed by atoms with Crippen LogP contribution in [0.1, 0.15) is 5.56 Å². The van der Waals surface area contributed by atoms with E-state index in [0.717, 1.165) is 34.2 Å². The standard InChI is InChI=1S/C18H18N2OS/c1-3-11-20-17-10-5-4-9-16(17)19-18(20)22-13-14-7-6-8-15(12-14)21-2/h3-10,12H,1,11,13H2,2H3. The molecule has 3 aromatic rings. The van der Waals surface area contributed by atoms with E-state index in [9.17, 15) is 0 Å². The van der Waals surface area contributed by atoms with Gasteiger partial charge in [-0.1, -0.05) is 42.1 Å². The highest BCUT2D eigenvalue weighted by Gasteiger charge is 2.10. The molecule has 0 amide bonds. The smallest absolute Gasteiger partial charge is 0.169 e. The summed E-state index contributed by atoms with van der Waals surface area (Å²) in [6.45, 7) is 4.61. The fraction of sp³-hybridized carbons (Fsp3) is 0.167. The molecule has 1 heterocycles.